The van der Waals surface area contributed by atoms with Gasteiger partial charge in [-0.25, -0.2) is 8.42 Å². The maximum atomic E-state index is 13.2. The lowest BCUT2D eigenvalue weighted by Crippen LogP contribution is -2.52. The van der Waals surface area contributed by atoms with Gasteiger partial charge in [-0.1, -0.05) is 30.3 Å². The summed E-state index contributed by atoms with van der Waals surface area (Å²) in [7, 11) is -3.95. The second-order valence-electron chi connectivity index (χ2n) is 7.67. The quantitative estimate of drug-likeness (QED) is 0.701. The summed E-state index contributed by atoms with van der Waals surface area (Å²) >= 11 is 0. The number of hydrogen-bond donors (Lipinski definition) is 2. The van der Waals surface area contributed by atoms with Crippen molar-refractivity contribution >= 4 is 27.5 Å². The molecular formula is C22H25N3O5S. The van der Waals surface area contributed by atoms with E-state index in [0.717, 1.165) is 11.1 Å². The first-order valence-corrected chi connectivity index (χ1v) is 11.8. The Balaban J connectivity index is 1.58. The molecule has 0 bridgehead atoms. The minimum atomic E-state index is -3.95. The van der Waals surface area contributed by atoms with Gasteiger partial charge in [0.25, 0.3) is 0 Å². The van der Waals surface area contributed by atoms with E-state index in [2.05, 4.69) is 10.0 Å². The van der Waals surface area contributed by atoms with Gasteiger partial charge in [0.1, 0.15) is 6.04 Å². The van der Waals surface area contributed by atoms with Crippen molar-refractivity contribution < 1.29 is 22.7 Å². The molecule has 2 aromatic carbocycles. The first-order valence-electron chi connectivity index (χ1n) is 10.3. The summed E-state index contributed by atoms with van der Waals surface area (Å²) in [5.41, 5.74) is 2.26. The molecule has 8 nitrogen and oxygen atoms in total. The van der Waals surface area contributed by atoms with Crippen molar-refractivity contribution in [2.24, 2.45) is 0 Å². The topological polar surface area (TPSA) is 105 Å². The summed E-state index contributed by atoms with van der Waals surface area (Å²) in [5.74, 6) is -0.346. The number of nitrogens with one attached hydrogen (secondary N) is 2. The highest BCUT2D eigenvalue weighted by atomic mass is 32.2. The fraction of sp³-hybridized carbons (Fsp3) is 0.364. The molecule has 2 heterocycles. The summed E-state index contributed by atoms with van der Waals surface area (Å²) in [6.45, 7) is 1.75. The predicted octanol–water partition coefficient (Wildman–Crippen LogP) is 1.32. The van der Waals surface area contributed by atoms with Crippen molar-refractivity contribution in [2.75, 3.05) is 31.6 Å². The van der Waals surface area contributed by atoms with Gasteiger partial charge in [0.2, 0.25) is 21.8 Å². The van der Waals surface area contributed by atoms with Gasteiger partial charge in [-0.2, -0.15) is 4.72 Å². The van der Waals surface area contributed by atoms with Crippen molar-refractivity contribution in [1.82, 2.24) is 9.62 Å². The van der Waals surface area contributed by atoms with E-state index < -0.39 is 16.1 Å². The minimum Gasteiger partial charge on any atom is -0.378 e. The Morgan fingerprint density at radius 1 is 1.10 bits per heavy atom. The second kappa shape index (κ2) is 9.17. The Morgan fingerprint density at radius 2 is 1.84 bits per heavy atom. The van der Waals surface area contributed by atoms with Gasteiger partial charge in [-0.3, -0.25) is 9.59 Å². The van der Waals surface area contributed by atoms with E-state index in [-0.39, 0.29) is 23.1 Å². The van der Waals surface area contributed by atoms with Crippen molar-refractivity contribution in [3.05, 3.63) is 59.7 Å². The first-order chi connectivity index (χ1) is 14.9. The molecule has 0 spiro atoms. The van der Waals surface area contributed by atoms with Crippen molar-refractivity contribution in [1.29, 1.82) is 0 Å². The summed E-state index contributed by atoms with van der Waals surface area (Å²) < 4.78 is 34.3. The standard InChI is InChI=1S/C22H25N3O5S/c26-21-9-6-17-15-18(7-8-19(17)23-21)31(28,29)24-20(14-16-4-2-1-3-5-16)22(27)25-10-12-30-13-11-25/h1-5,7-8,15,20,24H,6,9-14H2,(H,23,26). The van der Waals surface area contributed by atoms with Crippen LogP contribution in [0.3, 0.4) is 0 Å². The molecule has 0 aliphatic carbocycles. The zero-order chi connectivity index (χ0) is 21.8. The molecule has 164 valence electrons. The van der Waals surface area contributed by atoms with E-state index in [9.17, 15) is 18.0 Å². The van der Waals surface area contributed by atoms with Crippen molar-refractivity contribution in [2.45, 2.75) is 30.2 Å². The van der Waals surface area contributed by atoms with Gasteiger partial charge in [-0.05, 0) is 42.2 Å². The monoisotopic (exact) mass is 443 g/mol. The van der Waals surface area contributed by atoms with Crippen LogP contribution in [0.2, 0.25) is 0 Å². The van der Waals surface area contributed by atoms with E-state index in [1.807, 2.05) is 30.3 Å². The first kappa shape index (κ1) is 21.5. The van der Waals surface area contributed by atoms with Crippen molar-refractivity contribution in [3.63, 3.8) is 0 Å². The van der Waals surface area contributed by atoms with Crippen LogP contribution in [0.15, 0.2) is 53.4 Å². The molecular weight excluding hydrogens is 418 g/mol. The van der Waals surface area contributed by atoms with Crippen LogP contribution in [-0.4, -0.2) is 57.5 Å². The maximum Gasteiger partial charge on any atom is 0.241 e. The van der Waals surface area contributed by atoms with Crippen LogP contribution in [0.4, 0.5) is 5.69 Å². The Labute approximate surface area is 181 Å². The molecule has 1 saturated heterocycles. The molecule has 1 atom stereocenters. The summed E-state index contributed by atoms with van der Waals surface area (Å²) in [4.78, 5) is 26.5. The minimum absolute atomic E-state index is 0.0789. The zero-order valence-corrected chi connectivity index (χ0v) is 17.9. The second-order valence-corrected chi connectivity index (χ2v) is 9.38. The number of nitrogens with zero attached hydrogens (tertiary/aromatic N) is 1. The lowest BCUT2D eigenvalue weighted by atomic mass is 10.0. The normalized spacial score (nSPS) is 17.5. The average Bonchev–Trinajstić information content (AvgIpc) is 2.79. The van der Waals surface area contributed by atoms with Crippen LogP contribution in [0.1, 0.15) is 17.5 Å². The summed E-state index contributed by atoms with van der Waals surface area (Å²) in [6, 6.07) is 13.0. The third-order valence-electron chi connectivity index (χ3n) is 5.48. The van der Waals surface area contributed by atoms with Gasteiger partial charge >= 0.3 is 0 Å². The highest BCUT2D eigenvalue weighted by Gasteiger charge is 2.31. The van der Waals surface area contributed by atoms with E-state index in [0.29, 0.717) is 44.8 Å². The number of hydrogen-bond acceptors (Lipinski definition) is 5. The third-order valence-corrected chi connectivity index (χ3v) is 6.95. The molecule has 2 aliphatic heterocycles. The molecule has 2 amide bonds. The molecule has 31 heavy (non-hydrogen) atoms. The Kier molecular flexibility index (Phi) is 6.35. The van der Waals surface area contributed by atoms with Gasteiger partial charge in [0.05, 0.1) is 18.1 Å². The molecule has 9 heteroatoms. The van der Waals surface area contributed by atoms with E-state index in [4.69, 9.17) is 4.74 Å². The average molecular weight is 444 g/mol. The predicted molar refractivity (Wildman–Crippen MR) is 115 cm³/mol. The Morgan fingerprint density at radius 3 is 2.58 bits per heavy atom. The lowest BCUT2D eigenvalue weighted by molar-refractivity contribution is -0.137. The van der Waals surface area contributed by atoms with Crippen LogP contribution in [0.25, 0.3) is 0 Å². The zero-order valence-electron chi connectivity index (χ0n) is 17.0. The van der Waals surface area contributed by atoms with Crippen LogP contribution in [-0.2, 0) is 37.2 Å². The number of rotatable bonds is 6. The number of amides is 2. The van der Waals surface area contributed by atoms with E-state index in [1.54, 1.807) is 17.0 Å². The number of carbonyl (C=O) groups excluding carboxylic acids is 2. The maximum absolute atomic E-state index is 13.2. The molecule has 0 aromatic heterocycles. The molecule has 2 aromatic rings. The molecule has 0 saturated carbocycles. The molecule has 2 N–H and O–H groups in total. The van der Waals surface area contributed by atoms with Crippen LogP contribution in [0, 0.1) is 0 Å². The molecule has 2 aliphatic rings. The number of sulfonamides is 1. The largest absolute Gasteiger partial charge is 0.378 e. The number of fused-ring (bicyclic) bond motifs is 1. The van der Waals surface area contributed by atoms with Gasteiger partial charge in [0.15, 0.2) is 0 Å². The summed E-state index contributed by atoms with van der Waals surface area (Å²) in [6.07, 6.45) is 1.04. The lowest BCUT2D eigenvalue weighted by Gasteiger charge is -2.30. The number of carbonyl (C=O) groups is 2. The van der Waals surface area contributed by atoms with Crippen molar-refractivity contribution in [3.8, 4) is 0 Å². The fourth-order valence-corrected chi connectivity index (χ4v) is 5.05. The molecule has 4 rings (SSSR count). The molecule has 0 radical (unpaired) electrons. The summed E-state index contributed by atoms with van der Waals surface area (Å²) in [5, 5.41) is 2.75. The van der Waals surface area contributed by atoms with E-state index >= 15 is 0 Å². The van der Waals surface area contributed by atoms with Crippen LogP contribution in [0.5, 0.6) is 0 Å². The Bertz CT molecular complexity index is 1070. The smallest absolute Gasteiger partial charge is 0.241 e. The highest BCUT2D eigenvalue weighted by molar-refractivity contribution is 7.89. The SMILES string of the molecule is O=C1CCc2cc(S(=O)(=O)NC(Cc3ccccc3)C(=O)N3CCOCC3)ccc2N1. The molecule has 1 fully saturated rings. The van der Waals surface area contributed by atoms with Crippen LogP contribution >= 0.6 is 0 Å². The molecule has 1 unspecified atom stereocenters. The number of morpholine rings is 1. The van der Waals surface area contributed by atoms with Crippen LogP contribution < -0.4 is 10.0 Å². The number of benzene rings is 2. The van der Waals surface area contributed by atoms with Gasteiger partial charge in [0, 0.05) is 25.2 Å². The number of aryl methyl sites for hydroxylation is 1. The van der Waals surface area contributed by atoms with Gasteiger partial charge < -0.3 is 15.0 Å². The number of anilines is 1. The van der Waals surface area contributed by atoms with Gasteiger partial charge in [-0.15, -0.1) is 0 Å². The highest BCUT2D eigenvalue weighted by Crippen LogP contribution is 2.25. The third kappa shape index (κ3) is 5.12. The Hall–Kier alpha value is -2.75. The van der Waals surface area contributed by atoms with E-state index in [1.165, 1.54) is 6.07 Å². The number of ether oxygens (including phenoxy) is 1. The fourth-order valence-electron chi connectivity index (χ4n) is 3.82.